The minimum atomic E-state index is 0.0530. The third-order valence-electron chi connectivity index (χ3n) is 3.79. The molecule has 0 aliphatic heterocycles. The smallest absolute Gasteiger partial charge is 0.230 e. The number of nitrogens with zero attached hydrogens (tertiary/aromatic N) is 3. The number of benzene rings is 1. The molecule has 0 spiro atoms. The van der Waals surface area contributed by atoms with Crippen LogP contribution in [0.1, 0.15) is 23.3 Å². The van der Waals surface area contributed by atoms with Crippen molar-refractivity contribution in [2.45, 2.75) is 26.7 Å². The molecule has 10 heteroatoms. The number of hydrogen-bond acceptors (Lipinski definition) is 10. The van der Waals surface area contributed by atoms with Gasteiger partial charge in [-0.05, 0) is 50.5 Å². The van der Waals surface area contributed by atoms with Gasteiger partial charge >= 0.3 is 0 Å². The molecule has 0 saturated carbocycles. The van der Waals surface area contributed by atoms with E-state index in [1.807, 2.05) is 32.0 Å². The summed E-state index contributed by atoms with van der Waals surface area (Å²) in [6.07, 6.45) is 3.44. The summed E-state index contributed by atoms with van der Waals surface area (Å²) in [6.45, 7) is 7.02. The summed E-state index contributed by atoms with van der Waals surface area (Å²) in [7, 11) is 0. The number of unbranched alkanes of at least 4 members (excludes halogenated alkanes) is 1. The predicted molar refractivity (Wildman–Crippen MR) is 123 cm³/mol. The summed E-state index contributed by atoms with van der Waals surface area (Å²) < 4.78 is 10.1. The first kappa shape index (κ1) is 27.1. The van der Waals surface area contributed by atoms with Crippen molar-refractivity contribution in [3.05, 3.63) is 34.8 Å². The fourth-order valence-corrected chi connectivity index (χ4v) is 2.86. The lowest BCUT2D eigenvalue weighted by atomic mass is 10.2. The van der Waals surface area contributed by atoms with Gasteiger partial charge in [-0.2, -0.15) is 0 Å². The average Bonchev–Trinajstić information content (AvgIpc) is 3.18. The molecular formula is C21H34N4O5S. The fourth-order valence-electron chi connectivity index (χ4n) is 2.28. The number of aliphatic hydroxyl groups is 3. The van der Waals surface area contributed by atoms with E-state index in [0.717, 1.165) is 34.7 Å². The second-order valence-electron chi connectivity index (χ2n) is 6.48. The van der Waals surface area contributed by atoms with Crippen LogP contribution in [0.4, 0.5) is 16.5 Å². The zero-order valence-electron chi connectivity index (χ0n) is 18.3. The summed E-state index contributed by atoms with van der Waals surface area (Å²) in [6, 6.07) is 5.91. The maximum Gasteiger partial charge on any atom is 0.230 e. The lowest BCUT2D eigenvalue weighted by Gasteiger charge is -2.08. The van der Waals surface area contributed by atoms with Crippen LogP contribution in [0.15, 0.2) is 34.6 Å². The van der Waals surface area contributed by atoms with Gasteiger partial charge in [0.05, 0.1) is 38.7 Å². The predicted octanol–water partition coefficient (Wildman–Crippen LogP) is 3.36. The number of azo groups is 1. The van der Waals surface area contributed by atoms with Crippen molar-refractivity contribution < 1.29 is 24.8 Å². The Morgan fingerprint density at radius 3 is 2.29 bits per heavy atom. The number of nitrogens with one attached hydrogen (secondary N) is 1. The molecule has 174 valence electrons. The molecule has 0 bridgehead atoms. The Balaban J connectivity index is 0.000000452. The molecule has 9 nitrogen and oxygen atoms in total. The molecule has 0 aliphatic carbocycles. The summed E-state index contributed by atoms with van der Waals surface area (Å²) in [4.78, 5) is 5.28. The number of aliphatic hydroxyl groups excluding tert-OH is 3. The van der Waals surface area contributed by atoms with Crippen molar-refractivity contribution in [1.82, 2.24) is 4.98 Å². The molecule has 31 heavy (non-hydrogen) atoms. The van der Waals surface area contributed by atoms with E-state index in [1.165, 1.54) is 11.3 Å². The van der Waals surface area contributed by atoms with Gasteiger partial charge in [0.15, 0.2) is 0 Å². The minimum absolute atomic E-state index is 0.0530. The Hall–Kier alpha value is -1.95. The Morgan fingerprint density at radius 2 is 1.68 bits per heavy atom. The largest absolute Gasteiger partial charge is 0.396 e. The molecule has 0 fully saturated rings. The number of rotatable bonds is 14. The highest BCUT2D eigenvalue weighted by Crippen LogP contribution is 2.26. The van der Waals surface area contributed by atoms with Crippen LogP contribution in [0.3, 0.4) is 0 Å². The van der Waals surface area contributed by atoms with Crippen LogP contribution >= 0.6 is 11.3 Å². The average molecular weight is 455 g/mol. The number of ether oxygens (including phenoxy) is 2. The first-order valence-electron chi connectivity index (χ1n) is 10.3. The van der Waals surface area contributed by atoms with E-state index in [1.54, 1.807) is 6.20 Å². The molecule has 2 aromatic rings. The van der Waals surface area contributed by atoms with E-state index in [0.29, 0.717) is 38.1 Å². The lowest BCUT2D eigenvalue weighted by molar-refractivity contribution is 0.0871. The molecule has 1 aromatic carbocycles. The van der Waals surface area contributed by atoms with Gasteiger partial charge in [0.25, 0.3) is 0 Å². The standard InChI is InChI=1S/C15H20N4O2S.C6H14O3/c1-11-9-13(16-5-7-21-8-6-20)3-4-14(11)18-19-15-17-10-12(2)22-15;7-3-1-2-5-9-6-4-8/h3-4,9-10,16,20H,5-8H2,1-2H3;7-8H,1-6H2. The molecule has 0 saturated heterocycles. The van der Waals surface area contributed by atoms with Crippen molar-refractivity contribution in [3.8, 4) is 0 Å². The van der Waals surface area contributed by atoms with Crippen LogP contribution in [-0.4, -0.2) is 73.1 Å². The molecule has 1 heterocycles. The van der Waals surface area contributed by atoms with Crippen LogP contribution in [-0.2, 0) is 9.47 Å². The Labute approximate surface area is 187 Å². The maximum absolute atomic E-state index is 8.62. The molecule has 0 aliphatic rings. The third kappa shape index (κ3) is 13.1. The summed E-state index contributed by atoms with van der Waals surface area (Å²) in [5.41, 5.74) is 2.88. The van der Waals surface area contributed by atoms with Crippen molar-refractivity contribution in [2.24, 2.45) is 10.2 Å². The highest BCUT2D eigenvalue weighted by molar-refractivity contribution is 7.15. The number of anilines is 1. The van der Waals surface area contributed by atoms with Crippen LogP contribution in [0.25, 0.3) is 0 Å². The van der Waals surface area contributed by atoms with Crippen molar-refractivity contribution in [2.75, 3.05) is 58.1 Å². The topological polar surface area (TPSA) is 129 Å². The van der Waals surface area contributed by atoms with Gasteiger partial charge in [-0.15, -0.1) is 10.2 Å². The Kier molecular flexibility index (Phi) is 15.5. The van der Waals surface area contributed by atoms with Gasteiger partial charge in [0.2, 0.25) is 5.13 Å². The monoisotopic (exact) mass is 454 g/mol. The van der Waals surface area contributed by atoms with Crippen LogP contribution in [0.2, 0.25) is 0 Å². The second kappa shape index (κ2) is 17.7. The molecule has 1 aromatic heterocycles. The normalized spacial score (nSPS) is 10.9. The summed E-state index contributed by atoms with van der Waals surface area (Å²) in [5.74, 6) is 0. The van der Waals surface area contributed by atoms with Crippen molar-refractivity contribution >= 4 is 27.8 Å². The van der Waals surface area contributed by atoms with E-state index in [-0.39, 0.29) is 19.8 Å². The zero-order valence-corrected chi connectivity index (χ0v) is 19.1. The molecule has 0 atom stereocenters. The summed E-state index contributed by atoms with van der Waals surface area (Å²) in [5, 5.41) is 37.5. The van der Waals surface area contributed by atoms with E-state index in [4.69, 9.17) is 24.8 Å². The SMILES string of the molecule is Cc1cnc(N=Nc2ccc(NCCOCCO)cc2C)s1.OCCCCOCCO. The Bertz CT molecular complexity index is 736. The highest BCUT2D eigenvalue weighted by Gasteiger charge is 2.01. The summed E-state index contributed by atoms with van der Waals surface area (Å²) >= 11 is 1.52. The van der Waals surface area contributed by atoms with Gasteiger partial charge in [0.1, 0.15) is 0 Å². The van der Waals surface area contributed by atoms with E-state index in [9.17, 15) is 0 Å². The van der Waals surface area contributed by atoms with E-state index < -0.39 is 0 Å². The number of thiazole rings is 1. The minimum Gasteiger partial charge on any atom is -0.396 e. The maximum atomic E-state index is 8.62. The fraction of sp³-hybridized carbons (Fsp3) is 0.571. The molecule has 4 N–H and O–H groups in total. The highest BCUT2D eigenvalue weighted by atomic mass is 32.1. The number of hydrogen-bond donors (Lipinski definition) is 4. The molecular weight excluding hydrogens is 420 g/mol. The van der Waals surface area contributed by atoms with Crippen molar-refractivity contribution in [3.63, 3.8) is 0 Å². The second-order valence-corrected chi connectivity index (χ2v) is 7.70. The third-order valence-corrected chi connectivity index (χ3v) is 4.59. The van der Waals surface area contributed by atoms with Gasteiger partial charge in [-0.1, -0.05) is 11.3 Å². The number of aromatic nitrogens is 1. The molecule has 0 radical (unpaired) electrons. The van der Waals surface area contributed by atoms with Gasteiger partial charge < -0.3 is 30.1 Å². The quantitative estimate of drug-likeness (QED) is 0.254. The van der Waals surface area contributed by atoms with Gasteiger partial charge in [-0.25, -0.2) is 4.98 Å². The molecule has 0 amide bonds. The Morgan fingerprint density at radius 1 is 0.935 bits per heavy atom. The van der Waals surface area contributed by atoms with Crippen LogP contribution in [0.5, 0.6) is 0 Å². The lowest BCUT2D eigenvalue weighted by Crippen LogP contribution is -2.11. The number of aryl methyl sites for hydroxylation is 2. The van der Waals surface area contributed by atoms with Crippen LogP contribution in [0, 0.1) is 13.8 Å². The van der Waals surface area contributed by atoms with E-state index >= 15 is 0 Å². The van der Waals surface area contributed by atoms with E-state index in [2.05, 4.69) is 20.5 Å². The molecule has 0 unspecified atom stereocenters. The van der Waals surface area contributed by atoms with Crippen molar-refractivity contribution in [1.29, 1.82) is 0 Å². The zero-order chi connectivity index (χ0) is 22.7. The van der Waals surface area contributed by atoms with Crippen LogP contribution < -0.4 is 5.32 Å². The first-order valence-corrected chi connectivity index (χ1v) is 11.1. The first-order chi connectivity index (χ1) is 15.1. The molecule has 2 rings (SSSR count). The van der Waals surface area contributed by atoms with Gasteiger partial charge in [0, 0.05) is 36.5 Å². The van der Waals surface area contributed by atoms with Gasteiger partial charge in [-0.3, -0.25) is 0 Å².